The molecule has 0 fully saturated rings. The van der Waals surface area contributed by atoms with E-state index in [2.05, 4.69) is 16.0 Å². The van der Waals surface area contributed by atoms with Gasteiger partial charge < -0.3 is 16.0 Å². The average molecular weight is 697 g/mol. The molecule has 9 nitrogen and oxygen atoms in total. The summed E-state index contributed by atoms with van der Waals surface area (Å²) in [6.07, 6.45) is 1.53. The first-order valence-electron chi connectivity index (χ1n) is 14.5. The van der Waals surface area contributed by atoms with E-state index in [0.29, 0.717) is 32.4 Å². The summed E-state index contributed by atoms with van der Waals surface area (Å²) in [5.41, 5.74) is 2.55. The molecule has 5 aromatic rings. The molecule has 242 valence electrons. The molecule has 0 aliphatic rings. The van der Waals surface area contributed by atoms with Crippen LogP contribution in [0.1, 0.15) is 26.7 Å². The van der Waals surface area contributed by atoms with Crippen molar-refractivity contribution >= 4 is 68.6 Å². The first-order chi connectivity index (χ1) is 23.0. The van der Waals surface area contributed by atoms with Crippen LogP contribution in [0.5, 0.6) is 0 Å². The van der Waals surface area contributed by atoms with Crippen molar-refractivity contribution in [1.82, 2.24) is 5.32 Å². The maximum Gasteiger partial charge on any atom is 0.272 e. The zero-order valence-electron chi connectivity index (χ0n) is 25.2. The lowest BCUT2D eigenvalue weighted by Crippen LogP contribution is -2.30. The van der Waals surface area contributed by atoms with E-state index in [4.69, 9.17) is 16.7 Å². The first-order valence-corrected chi connectivity index (χ1v) is 17.3. The van der Waals surface area contributed by atoms with Crippen molar-refractivity contribution in [2.24, 2.45) is 5.14 Å². The second-order valence-corrected chi connectivity index (χ2v) is 13.6. The van der Waals surface area contributed by atoms with Crippen LogP contribution in [0, 0.1) is 0 Å². The molecule has 0 bridgehead atoms. The van der Waals surface area contributed by atoms with Gasteiger partial charge in [-0.2, -0.15) is 0 Å². The molecule has 0 aliphatic carbocycles. The Morgan fingerprint density at radius 3 is 2.06 bits per heavy atom. The Morgan fingerprint density at radius 2 is 1.40 bits per heavy atom. The number of carbonyl (C=O) groups excluding carboxylic acids is 3. The molecule has 0 heterocycles. The van der Waals surface area contributed by atoms with Gasteiger partial charge in [-0.05, 0) is 83.9 Å². The van der Waals surface area contributed by atoms with Gasteiger partial charge in [0.1, 0.15) is 10.9 Å². The van der Waals surface area contributed by atoms with E-state index in [9.17, 15) is 22.8 Å². The number of rotatable bonds is 11. The third kappa shape index (κ3) is 9.43. The Bertz CT molecular complexity index is 2080. The highest BCUT2D eigenvalue weighted by Crippen LogP contribution is 2.37. The molecule has 0 saturated carbocycles. The van der Waals surface area contributed by atoms with E-state index in [-0.39, 0.29) is 16.5 Å². The Balaban J connectivity index is 1.37. The standard InChI is InChI=1S/C36H29ClN4O5S2/c37-27-14-7-9-24(21-27)22-32(41-34(42)26-12-5-2-6-13-26)35(43)40-29-15-8-16-30(23-29)47-33(25-10-3-1-4-11-25)36(44)39-28-17-19-31(20-18-28)48(38,45)46/h1-23,33H,(H,39,44)(H,40,43)(H,41,42)(H2,38,45,46)/b32-22-. The van der Waals surface area contributed by atoms with Gasteiger partial charge in [-0.15, -0.1) is 11.8 Å². The predicted octanol–water partition coefficient (Wildman–Crippen LogP) is 6.87. The van der Waals surface area contributed by atoms with Gasteiger partial charge in [0, 0.05) is 26.9 Å². The van der Waals surface area contributed by atoms with Crippen LogP contribution >= 0.6 is 23.4 Å². The summed E-state index contributed by atoms with van der Waals surface area (Å²) in [6.45, 7) is 0. The highest BCUT2D eigenvalue weighted by molar-refractivity contribution is 8.00. The largest absolute Gasteiger partial charge is 0.325 e. The number of benzene rings is 5. The Labute approximate surface area is 287 Å². The van der Waals surface area contributed by atoms with Crippen LogP contribution in [0.2, 0.25) is 5.02 Å². The number of hydrogen-bond acceptors (Lipinski definition) is 6. The van der Waals surface area contributed by atoms with Crippen molar-refractivity contribution in [3.8, 4) is 0 Å². The summed E-state index contributed by atoms with van der Waals surface area (Å²) in [7, 11) is -3.88. The second kappa shape index (κ2) is 15.6. The minimum atomic E-state index is -3.88. The van der Waals surface area contributed by atoms with Gasteiger partial charge in [0.2, 0.25) is 15.9 Å². The number of hydrogen-bond donors (Lipinski definition) is 4. The third-order valence-electron chi connectivity index (χ3n) is 6.83. The van der Waals surface area contributed by atoms with Crippen molar-refractivity contribution in [1.29, 1.82) is 0 Å². The van der Waals surface area contributed by atoms with Gasteiger partial charge in [-0.1, -0.05) is 78.3 Å². The summed E-state index contributed by atoms with van der Waals surface area (Å²) in [4.78, 5) is 40.8. The Kier molecular flexibility index (Phi) is 11.1. The van der Waals surface area contributed by atoms with E-state index in [1.807, 2.05) is 36.4 Å². The Morgan fingerprint density at radius 1 is 0.729 bits per heavy atom. The van der Waals surface area contributed by atoms with Crippen LogP contribution in [0.4, 0.5) is 11.4 Å². The number of halogens is 1. The lowest BCUT2D eigenvalue weighted by molar-refractivity contribution is -0.116. The summed E-state index contributed by atoms with van der Waals surface area (Å²) in [6, 6.07) is 37.1. The van der Waals surface area contributed by atoms with Crippen LogP contribution in [-0.4, -0.2) is 26.1 Å². The number of nitrogens with two attached hydrogens (primary N) is 1. The van der Waals surface area contributed by atoms with Crippen LogP contribution in [0.3, 0.4) is 0 Å². The Hall–Kier alpha value is -5.20. The predicted molar refractivity (Wildman–Crippen MR) is 190 cm³/mol. The summed E-state index contributed by atoms with van der Waals surface area (Å²) in [5.74, 6) is -1.37. The number of anilines is 2. The first kappa shape index (κ1) is 34.1. The van der Waals surface area contributed by atoms with E-state index in [1.165, 1.54) is 42.1 Å². The summed E-state index contributed by atoms with van der Waals surface area (Å²) >= 11 is 7.42. The normalized spacial score (nSPS) is 12.1. The van der Waals surface area contributed by atoms with E-state index in [1.54, 1.807) is 72.8 Å². The number of thioether (sulfide) groups is 1. The zero-order chi connectivity index (χ0) is 34.1. The minimum absolute atomic E-state index is 0.000769. The van der Waals surface area contributed by atoms with Crippen LogP contribution in [0.25, 0.3) is 6.08 Å². The molecule has 0 radical (unpaired) electrons. The molecule has 48 heavy (non-hydrogen) atoms. The maximum atomic E-state index is 13.6. The quantitative estimate of drug-likeness (QED) is 0.0876. The van der Waals surface area contributed by atoms with E-state index < -0.39 is 27.1 Å². The van der Waals surface area contributed by atoms with Crippen molar-refractivity contribution in [3.05, 3.63) is 161 Å². The maximum absolute atomic E-state index is 13.6. The van der Waals surface area contributed by atoms with Gasteiger partial charge >= 0.3 is 0 Å². The summed E-state index contributed by atoms with van der Waals surface area (Å²) < 4.78 is 23.3. The topological polar surface area (TPSA) is 147 Å². The average Bonchev–Trinajstić information content (AvgIpc) is 3.07. The molecule has 12 heteroatoms. The zero-order valence-corrected chi connectivity index (χ0v) is 27.6. The number of nitrogens with one attached hydrogen (secondary N) is 3. The molecule has 3 amide bonds. The number of amides is 3. The summed E-state index contributed by atoms with van der Waals surface area (Å²) in [5, 5.41) is 13.3. The van der Waals surface area contributed by atoms with Gasteiger partial charge in [0.15, 0.2) is 0 Å². The molecule has 5 rings (SSSR count). The van der Waals surface area contributed by atoms with Gasteiger partial charge in [0.25, 0.3) is 11.8 Å². The molecule has 5 aromatic carbocycles. The van der Waals surface area contributed by atoms with Gasteiger partial charge in [-0.3, -0.25) is 14.4 Å². The molecule has 1 unspecified atom stereocenters. The van der Waals surface area contributed by atoms with Crippen molar-refractivity contribution in [2.75, 3.05) is 10.6 Å². The lowest BCUT2D eigenvalue weighted by atomic mass is 10.1. The molecular formula is C36H29ClN4O5S2. The fourth-order valence-electron chi connectivity index (χ4n) is 4.52. The second-order valence-electron chi connectivity index (χ2n) is 10.4. The van der Waals surface area contributed by atoms with Crippen LogP contribution < -0.4 is 21.1 Å². The third-order valence-corrected chi connectivity index (χ3v) is 9.24. The minimum Gasteiger partial charge on any atom is -0.325 e. The molecular weight excluding hydrogens is 668 g/mol. The van der Waals surface area contributed by atoms with Crippen molar-refractivity contribution < 1.29 is 22.8 Å². The van der Waals surface area contributed by atoms with E-state index in [0.717, 1.165) is 5.56 Å². The number of primary sulfonamides is 1. The molecule has 5 N–H and O–H groups in total. The SMILES string of the molecule is NS(=O)(=O)c1ccc(NC(=O)C(Sc2cccc(NC(=O)/C(=C/c3cccc(Cl)c3)NC(=O)c3ccccc3)c2)c2ccccc2)cc1. The highest BCUT2D eigenvalue weighted by atomic mass is 35.5. The fourth-order valence-corrected chi connectivity index (χ4v) is 6.32. The molecule has 0 aromatic heterocycles. The van der Waals surface area contributed by atoms with Gasteiger partial charge in [-0.25, -0.2) is 13.6 Å². The molecule has 0 saturated heterocycles. The van der Waals surface area contributed by atoms with Crippen LogP contribution in [0.15, 0.2) is 149 Å². The van der Waals surface area contributed by atoms with Gasteiger partial charge in [0.05, 0.1) is 4.90 Å². The molecule has 0 aliphatic heterocycles. The molecule has 0 spiro atoms. The highest BCUT2D eigenvalue weighted by Gasteiger charge is 2.23. The van der Waals surface area contributed by atoms with Crippen LogP contribution in [-0.2, 0) is 19.6 Å². The monoisotopic (exact) mass is 696 g/mol. The fraction of sp³-hybridized carbons (Fsp3) is 0.0278. The van der Waals surface area contributed by atoms with E-state index >= 15 is 0 Å². The lowest BCUT2D eigenvalue weighted by Gasteiger charge is -2.18. The number of sulfonamides is 1. The smallest absolute Gasteiger partial charge is 0.272 e. The van der Waals surface area contributed by atoms with Crippen molar-refractivity contribution in [2.45, 2.75) is 15.0 Å². The molecule has 1 atom stereocenters. The van der Waals surface area contributed by atoms with Crippen molar-refractivity contribution in [3.63, 3.8) is 0 Å². The number of carbonyl (C=O) groups is 3.